The number of rotatable bonds is 8. The highest BCUT2D eigenvalue weighted by Crippen LogP contribution is 2.36. The number of pyridine rings is 1. The molecule has 28 heavy (non-hydrogen) atoms. The van der Waals surface area contributed by atoms with E-state index in [4.69, 9.17) is 18.9 Å². The number of hydrogen-bond donors (Lipinski definition) is 1. The van der Waals surface area contributed by atoms with Crippen molar-refractivity contribution in [1.29, 1.82) is 0 Å². The molecule has 1 N–H and O–H groups in total. The highest BCUT2D eigenvalue weighted by molar-refractivity contribution is 5.44. The van der Waals surface area contributed by atoms with E-state index in [-0.39, 0.29) is 18.8 Å². The van der Waals surface area contributed by atoms with Crippen LogP contribution in [0.2, 0.25) is 0 Å². The Labute approximate surface area is 165 Å². The van der Waals surface area contributed by atoms with Crippen LogP contribution in [0.15, 0.2) is 36.5 Å². The highest BCUT2D eigenvalue weighted by atomic mass is 16.5. The first-order chi connectivity index (χ1) is 13.7. The van der Waals surface area contributed by atoms with Crippen molar-refractivity contribution in [1.82, 2.24) is 9.88 Å². The second-order valence-corrected chi connectivity index (χ2v) is 6.56. The van der Waals surface area contributed by atoms with Gasteiger partial charge in [-0.05, 0) is 30.2 Å². The van der Waals surface area contributed by atoms with E-state index in [1.54, 1.807) is 14.2 Å². The molecule has 0 bridgehead atoms. The van der Waals surface area contributed by atoms with Crippen molar-refractivity contribution in [2.45, 2.75) is 25.6 Å². The Hall–Kier alpha value is -2.35. The van der Waals surface area contributed by atoms with Crippen molar-refractivity contribution >= 4 is 0 Å². The Morgan fingerprint density at radius 1 is 1.18 bits per heavy atom. The van der Waals surface area contributed by atoms with Crippen molar-refractivity contribution in [3.05, 3.63) is 47.7 Å². The molecule has 0 radical (unpaired) electrons. The number of morpholine rings is 1. The summed E-state index contributed by atoms with van der Waals surface area (Å²) in [5.41, 5.74) is 2.09. The van der Waals surface area contributed by atoms with E-state index in [1.807, 2.05) is 43.5 Å². The standard InChI is InChI=1S/C21H28N2O5/c1-4-27-20-8-5-15(12-22-20)13-23-9-10-28-19(14-24)21(23)16-6-7-17(25-2)18(11-16)26-3/h5-8,11-12,19,21,24H,4,9-10,13-14H2,1-3H3/t19-,21-/m1/s1. The maximum absolute atomic E-state index is 9.89. The lowest BCUT2D eigenvalue weighted by Crippen LogP contribution is -2.46. The van der Waals surface area contributed by atoms with Crippen molar-refractivity contribution in [3.8, 4) is 17.4 Å². The van der Waals surface area contributed by atoms with Gasteiger partial charge < -0.3 is 24.1 Å². The lowest BCUT2D eigenvalue weighted by molar-refractivity contribution is -0.0961. The molecule has 0 amide bonds. The molecule has 7 heteroatoms. The summed E-state index contributed by atoms with van der Waals surface area (Å²) in [4.78, 5) is 6.65. The SMILES string of the molecule is CCOc1ccc(CN2CCO[C@H](CO)[C@H]2c2ccc(OC)c(OC)c2)cn1. The van der Waals surface area contributed by atoms with Gasteiger partial charge in [0.05, 0.1) is 40.1 Å². The van der Waals surface area contributed by atoms with Gasteiger partial charge in [-0.15, -0.1) is 0 Å². The Morgan fingerprint density at radius 2 is 2.00 bits per heavy atom. The average molecular weight is 388 g/mol. The third kappa shape index (κ3) is 4.55. The smallest absolute Gasteiger partial charge is 0.213 e. The summed E-state index contributed by atoms with van der Waals surface area (Å²) < 4.78 is 22.1. The number of ether oxygens (including phenoxy) is 4. The first-order valence-electron chi connectivity index (χ1n) is 9.46. The number of methoxy groups -OCH3 is 2. The number of aliphatic hydroxyl groups is 1. The highest BCUT2D eigenvalue weighted by Gasteiger charge is 2.33. The number of nitrogens with zero attached hydrogens (tertiary/aromatic N) is 2. The Balaban J connectivity index is 1.86. The fraction of sp³-hybridized carbons (Fsp3) is 0.476. The fourth-order valence-corrected chi connectivity index (χ4v) is 3.55. The molecular weight excluding hydrogens is 360 g/mol. The molecule has 152 valence electrons. The predicted molar refractivity (Wildman–Crippen MR) is 105 cm³/mol. The number of aromatic nitrogens is 1. The number of aliphatic hydroxyl groups excluding tert-OH is 1. The van der Waals surface area contributed by atoms with Gasteiger partial charge >= 0.3 is 0 Å². The van der Waals surface area contributed by atoms with Gasteiger partial charge in [-0.2, -0.15) is 0 Å². The summed E-state index contributed by atoms with van der Waals surface area (Å²) in [6.07, 6.45) is 1.52. The van der Waals surface area contributed by atoms with Crippen LogP contribution < -0.4 is 14.2 Å². The van der Waals surface area contributed by atoms with E-state index >= 15 is 0 Å². The summed E-state index contributed by atoms with van der Waals surface area (Å²) in [5, 5.41) is 9.89. The predicted octanol–water partition coefficient (Wildman–Crippen LogP) is 2.43. The third-order valence-corrected chi connectivity index (χ3v) is 4.86. The summed E-state index contributed by atoms with van der Waals surface area (Å²) >= 11 is 0. The van der Waals surface area contributed by atoms with Gasteiger partial charge in [0.15, 0.2) is 11.5 Å². The Bertz CT molecular complexity index is 753. The lowest BCUT2D eigenvalue weighted by atomic mass is 9.97. The van der Waals surface area contributed by atoms with E-state index in [1.165, 1.54) is 0 Å². The average Bonchev–Trinajstić information content (AvgIpc) is 2.74. The molecule has 2 aromatic rings. The minimum absolute atomic E-state index is 0.0585. The van der Waals surface area contributed by atoms with E-state index in [2.05, 4.69) is 9.88 Å². The maximum atomic E-state index is 9.89. The van der Waals surface area contributed by atoms with Crippen LogP contribution in [0.5, 0.6) is 17.4 Å². The van der Waals surface area contributed by atoms with E-state index in [0.717, 1.165) is 17.7 Å². The van der Waals surface area contributed by atoms with Crippen molar-refractivity contribution in [3.63, 3.8) is 0 Å². The summed E-state index contributed by atoms with van der Waals surface area (Å²) in [5.74, 6) is 1.95. The molecule has 7 nitrogen and oxygen atoms in total. The topological polar surface area (TPSA) is 73.3 Å². The second kappa shape index (κ2) is 9.73. The van der Waals surface area contributed by atoms with E-state index in [0.29, 0.717) is 37.1 Å². The van der Waals surface area contributed by atoms with Gasteiger partial charge in [0.25, 0.3) is 0 Å². The van der Waals surface area contributed by atoms with Crippen LogP contribution in [-0.4, -0.2) is 61.7 Å². The molecular formula is C21H28N2O5. The largest absolute Gasteiger partial charge is 0.493 e. The van der Waals surface area contributed by atoms with Crippen molar-refractivity contribution in [2.24, 2.45) is 0 Å². The zero-order valence-electron chi connectivity index (χ0n) is 16.6. The summed E-state index contributed by atoms with van der Waals surface area (Å²) in [7, 11) is 3.23. The molecule has 1 fully saturated rings. The van der Waals surface area contributed by atoms with Crippen LogP contribution in [0.25, 0.3) is 0 Å². The van der Waals surface area contributed by atoms with Crippen LogP contribution >= 0.6 is 0 Å². The molecule has 3 rings (SSSR count). The minimum atomic E-state index is -0.317. The van der Waals surface area contributed by atoms with Crippen molar-refractivity contribution in [2.75, 3.05) is 40.6 Å². The molecule has 1 aliphatic rings. The zero-order chi connectivity index (χ0) is 19.9. The summed E-state index contributed by atoms with van der Waals surface area (Å²) in [6.45, 7) is 4.49. The summed E-state index contributed by atoms with van der Waals surface area (Å²) in [6, 6.07) is 9.62. The minimum Gasteiger partial charge on any atom is -0.493 e. The molecule has 0 spiro atoms. The molecule has 2 atom stereocenters. The molecule has 0 aliphatic carbocycles. The molecule has 1 aromatic heterocycles. The Kier molecular flexibility index (Phi) is 7.08. The lowest BCUT2D eigenvalue weighted by Gasteiger charge is -2.41. The van der Waals surface area contributed by atoms with Crippen LogP contribution in [0.3, 0.4) is 0 Å². The van der Waals surface area contributed by atoms with E-state index in [9.17, 15) is 5.11 Å². The normalized spacial score (nSPS) is 20.0. The van der Waals surface area contributed by atoms with Gasteiger partial charge in [0.1, 0.15) is 6.10 Å². The maximum Gasteiger partial charge on any atom is 0.213 e. The first-order valence-corrected chi connectivity index (χ1v) is 9.46. The monoisotopic (exact) mass is 388 g/mol. The number of benzene rings is 1. The molecule has 1 aromatic carbocycles. The number of hydrogen-bond acceptors (Lipinski definition) is 7. The van der Waals surface area contributed by atoms with Crippen LogP contribution in [0, 0.1) is 0 Å². The van der Waals surface area contributed by atoms with Gasteiger partial charge in [0.2, 0.25) is 5.88 Å². The molecule has 1 saturated heterocycles. The van der Waals surface area contributed by atoms with Gasteiger partial charge in [-0.3, -0.25) is 4.90 Å². The van der Waals surface area contributed by atoms with Gasteiger partial charge in [-0.25, -0.2) is 4.98 Å². The zero-order valence-corrected chi connectivity index (χ0v) is 16.6. The first kappa shape index (κ1) is 20.4. The van der Waals surface area contributed by atoms with Crippen LogP contribution in [-0.2, 0) is 11.3 Å². The van der Waals surface area contributed by atoms with Gasteiger partial charge in [0, 0.05) is 25.4 Å². The third-order valence-electron chi connectivity index (χ3n) is 4.86. The quantitative estimate of drug-likeness (QED) is 0.744. The molecule has 0 saturated carbocycles. The van der Waals surface area contributed by atoms with E-state index < -0.39 is 0 Å². The fourth-order valence-electron chi connectivity index (χ4n) is 3.55. The van der Waals surface area contributed by atoms with Crippen LogP contribution in [0.4, 0.5) is 0 Å². The Morgan fingerprint density at radius 3 is 2.64 bits per heavy atom. The molecule has 0 unspecified atom stereocenters. The van der Waals surface area contributed by atoms with Crippen molar-refractivity contribution < 1.29 is 24.1 Å². The van der Waals surface area contributed by atoms with Gasteiger partial charge in [-0.1, -0.05) is 12.1 Å². The molecule has 2 heterocycles. The molecule has 1 aliphatic heterocycles. The van der Waals surface area contributed by atoms with Crippen LogP contribution in [0.1, 0.15) is 24.1 Å². The second-order valence-electron chi connectivity index (χ2n) is 6.56.